The van der Waals surface area contributed by atoms with Crippen LogP contribution < -0.4 is 4.90 Å². The highest BCUT2D eigenvalue weighted by Crippen LogP contribution is 2.24. The molecule has 1 aromatic carbocycles. The van der Waals surface area contributed by atoms with Gasteiger partial charge in [0.1, 0.15) is 0 Å². The number of anilines is 1. The molecule has 1 aromatic rings. The van der Waals surface area contributed by atoms with Crippen LogP contribution in [-0.2, 0) is 32.2 Å². The van der Waals surface area contributed by atoms with E-state index in [1.165, 1.54) is 0 Å². The van der Waals surface area contributed by atoms with Crippen molar-refractivity contribution in [1.82, 2.24) is 0 Å². The number of hydrogen-bond acceptors (Lipinski definition) is 6. The van der Waals surface area contributed by atoms with E-state index in [0.29, 0.717) is 39.6 Å². The quantitative estimate of drug-likeness (QED) is 0.499. The predicted octanol–water partition coefficient (Wildman–Crippen LogP) is 2.86. The van der Waals surface area contributed by atoms with Crippen LogP contribution >= 0.6 is 0 Å². The van der Waals surface area contributed by atoms with Crippen LogP contribution in [0.25, 0.3) is 0 Å². The van der Waals surface area contributed by atoms with Crippen molar-refractivity contribution in [1.29, 1.82) is 0 Å². The van der Waals surface area contributed by atoms with Gasteiger partial charge in [-0.25, -0.2) is 0 Å². The molecular weight excluding hydrogens is 346 g/mol. The predicted molar refractivity (Wildman–Crippen MR) is 108 cm³/mol. The summed E-state index contributed by atoms with van der Waals surface area (Å²) < 4.78 is 21.4. The molecule has 0 aliphatic carbocycles. The van der Waals surface area contributed by atoms with Crippen LogP contribution in [0.3, 0.4) is 0 Å². The molecule has 0 saturated carbocycles. The van der Waals surface area contributed by atoms with Gasteiger partial charge in [-0.05, 0) is 28.7 Å². The number of hydrogen-bond donors (Lipinski definition) is 1. The summed E-state index contributed by atoms with van der Waals surface area (Å²) in [5.74, 6) is 0. The Kier molecular flexibility index (Phi) is 11.6. The number of benzene rings is 1. The van der Waals surface area contributed by atoms with Crippen molar-refractivity contribution in [3.05, 3.63) is 29.3 Å². The zero-order valence-corrected chi connectivity index (χ0v) is 17.6. The van der Waals surface area contributed by atoms with E-state index in [1.807, 2.05) is 12.1 Å². The van der Waals surface area contributed by atoms with Crippen LogP contribution in [-0.4, -0.2) is 65.5 Å². The van der Waals surface area contributed by atoms with E-state index in [1.54, 1.807) is 14.2 Å². The van der Waals surface area contributed by atoms with Crippen LogP contribution in [0.5, 0.6) is 0 Å². The summed E-state index contributed by atoms with van der Waals surface area (Å²) in [7, 11) is 3.34. The Morgan fingerprint density at radius 3 is 2.07 bits per heavy atom. The maximum atomic E-state index is 9.60. The average molecular weight is 384 g/mol. The zero-order chi connectivity index (χ0) is 20.1. The van der Waals surface area contributed by atoms with Crippen LogP contribution in [0.15, 0.2) is 18.2 Å². The van der Waals surface area contributed by atoms with Gasteiger partial charge in [-0.15, -0.1) is 0 Å². The number of ether oxygens (including phenoxy) is 4. The average Bonchev–Trinajstić information content (AvgIpc) is 2.62. The van der Waals surface area contributed by atoms with E-state index in [0.717, 1.165) is 29.9 Å². The van der Waals surface area contributed by atoms with Gasteiger partial charge in [0, 0.05) is 33.0 Å². The van der Waals surface area contributed by atoms with Gasteiger partial charge in [0.2, 0.25) is 0 Å². The first-order valence-electron chi connectivity index (χ1n) is 9.51. The second-order valence-electron chi connectivity index (χ2n) is 7.80. The molecule has 6 nitrogen and oxygen atoms in total. The number of aliphatic hydroxyl groups excluding tert-OH is 1. The van der Waals surface area contributed by atoms with Gasteiger partial charge >= 0.3 is 0 Å². The molecule has 0 aliphatic rings. The van der Waals surface area contributed by atoms with Crippen molar-refractivity contribution in [3.63, 3.8) is 0 Å². The fraction of sp³-hybridized carbons (Fsp3) is 0.714. The maximum absolute atomic E-state index is 9.60. The Labute approximate surface area is 164 Å². The molecule has 27 heavy (non-hydrogen) atoms. The highest BCUT2D eigenvalue weighted by Gasteiger charge is 2.18. The zero-order valence-electron chi connectivity index (χ0n) is 17.6. The van der Waals surface area contributed by atoms with Crippen LogP contribution in [0.1, 0.15) is 31.9 Å². The lowest BCUT2D eigenvalue weighted by molar-refractivity contribution is 0.0263. The van der Waals surface area contributed by atoms with Gasteiger partial charge < -0.3 is 29.0 Å². The van der Waals surface area contributed by atoms with E-state index in [4.69, 9.17) is 18.9 Å². The van der Waals surface area contributed by atoms with Gasteiger partial charge in [-0.3, -0.25) is 0 Å². The molecule has 0 bridgehead atoms. The molecule has 0 atom stereocenters. The summed E-state index contributed by atoms with van der Waals surface area (Å²) in [6, 6.07) is 6.15. The monoisotopic (exact) mass is 383 g/mol. The minimum Gasteiger partial charge on any atom is -0.392 e. The topological polar surface area (TPSA) is 60.4 Å². The van der Waals surface area contributed by atoms with Crippen molar-refractivity contribution >= 4 is 5.69 Å². The smallest absolute Gasteiger partial charge is 0.0713 e. The molecule has 6 heteroatoms. The first-order valence-corrected chi connectivity index (χ1v) is 9.51. The van der Waals surface area contributed by atoms with E-state index < -0.39 is 0 Å². The summed E-state index contributed by atoms with van der Waals surface area (Å²) in [4.78, 5) is 2.31. The third kappa shape index (κ3) is 10.7. The first kappa shape index (κ1) is 23.9. The standard InChI is InChI=1S/C21H37NO5/c1-21(2,3)17-22(6-7-26-10-11-27-9-8-24-4)20-13-18(15-23)12-19(14-20)16-25-5/h12-14,23H,6-11,15-17H2,1-5H3. The van der Waals surface area contributed by atoms with Gasteiger partial charge in [0.25, 0.3) is 0 Å². The second kappa shape index (κ2) is 13.1. The molecule has 0 aromatic heterocycles. The highest BCUT2D eigenvalue weighted by molar-refractivity contribution is 5.51. The first-order chi connectivity index (χ1) is 12.9. The Balaban J connectivity index is 2.67. The van der Waals surface area contributed by atoms with Crippen molar-refractivity contribution in [2.75, 3.05) is 65.2 Å². The van der Waals surface area contributed by atoms with E-state index in [9.17, 15) is 5.11 Å². The molecule has 0 saturated heterocycles. The van der Waals surface area contributed by atoms with Crippen LogP contribution in [0, 0.1) is 5.41 Å². The number of rotatable bonds is 14. The molecule has 156 valence electrons. The largest absolute Gasteiger partial charge is 0.392 e. The molecule has 0 aliphatic heterocycles. The fourth-order valence-electron chi connectivity index (χ4n) is 2.78. The van der Waals surface area contributed by atoms with E-state index in [2.05, 4.69) is 31.7 Å². The summed E-state index contributed by atoms with van der Waals surface area (Å²) in [5, 5.41) is 9.60. The van der Waals surface area contributed by atoms with Crippen molar-refractivity contribution < 1.29 is 24.1 Å². The molecule has 1 N–H and O–H groups in total. The Bertz CT molecular complexity index is 516. The molecule has 1 rings (SSSR count). The van der Waals surface area contributed by atoms with Crippen molar-refractivity contribution in [2.45, 2.75) is 34.0 Å². The molecule has 0 radical (unpaired) electrons. The summed E-state index contributed by atoms with van der Waals surface area (Å²) in [5.41, 5.74) is 3.18. The normalized spacial score (nSPS) is 11.8. The number of nitrogens with zero attached hydrogens (tertiary/aromatic N) is 1. The van der Waals surface area contributed by atoms with Crippen molar-refractivity contribution in [2.24, 2.45) is 5.41 Å². The van der Waals surface area contributed by atoms with E-state index in [-0.39, 0.29) is 12.0 Å². The number of methoxy groups -OCH3 is 2. The van der Waals surface area contributed by atoms with Crippen molar-refractivity contribution in [3.8, 4) is 0 Å². The lowest BCUT2D eigenvalue weighted by Gasteiger charge is -2.32. The Morgan fingerprint density at radius 1 is 0.852 bits per heavy atom. The van der Waals surface area contributed by atoms with E-state index >= 15 is 0 Å². The van der Waals surface area contributed by atoms with Gasteiger partial charge in [-0.2, -0.15) is 0 Å². The summed E-state index contributed by atoms with van der Waals surface area (Å²) in [6.07, 6.45) is 0. The molecule has 0 amide bonds. The second-order valence-corrected chi connectivity index (χ2v) is 7.80. The van der Waals surface area contributed by atoms with Crippen LogP contribution in [0.2, 0.25) is 0 Å². The Hall–Kier alpha value is -1.18. The number of aliphatic hydroxyl groups is 1. The van der Waals surface area contributed by atoms with Crippen LogP contribution in [0.4, 0.5) is 5.69 Å². The molecular formula is C21H37NO5. The SMILES string of the molecule is COCCOCCOCCN(CC(C)(C)C)c1cc(CO)cc(COC)c1. The molecule has 0 spiro atoms. The fourth-order valence-corrected chi connectivity index (χ4v) is 2.78. The lowest BCUT2D eigenvalue weighted by Crippen LogP contribution is -2.35. The minimum atomic E-state index is 0.0171. The van der Waals surface area contributed by atoms with Gasteiger partial charge in [-0.1, -0.05) is 26.8 Å². The minimum absolute atomic E-state index is 0.0171. The maximum Gasteiger partial charge on any atom is 0.0713 e. The lowest BCUT2D eigenvalue weighted by atomic mass is 9.95. The third-order valence-electron chi connectivity index (χ3n) is 3.87. The van der Waals surface area contributed by atoms with Gasteiger partial charge in [0.05, 0.1) is 46.2 Å². The molecule has 0 unspecified atom stereocenters. The highest BCUT2D eigenvalue weighted by atomic mass is 16.5. The third-order valence-corrected chi connectivity index (χ3v) is 3.87. The molecule has 0 heterocycles. The van der Waals surface area contributed by atoms with Gasteiger partial charge in [0.15, 0.2) is 0 Å². The summed E-state index contributed by atoms with van der Waals surface area (Å²) >= 11 is 0. The molecule has 0 fully saturated rings. The Morgan fingerprint density at radius 2 is 1.48 bits per heavy atom. The summed E-state index contributed by atoms with van der Waals surface area (Å²) in [6.45, 7) is 11.8.